The van der Waals surface area contributed by atoms with Gasteiger partial charge in [0.05, 0.1) is 0 Å². The van der Waals surface area contributed by atoms with Crippen LogP contribution in [0.25, 0.3) is 0 Å². The molecule has 7 heteroatoms. The number of rotatable bonds is 6. The Balaban J connectivity index is 1.81. The normalized spacial score (nSPS) is 11.0. The molecule has 2 rings (SSSR count). The van der Waals surface area contributed by atoms with Crippen molar-refractivity contribution in [3.05, 3.63) is 66.0 Å². The van der Waals surface area contributed by atoms with Gasteiger partial charge < -0.3 is 15.8 Å². The first kappa shape index (κ1) is 17.1. The van der Waals surface area contributed by atoms with Crippen LogP contribution in [0.1, 0.15) is 15.9 Å². The van der Waals surface area contributed by atoms with E-state index in [1.165, 1.54) is 0 Å². The molecule has 24 heavy (non-hydrogen) atoms. The Labute approximate surface area is 139 Å². The third kappa shape index (κ3) is 4.64. The average Bonchev–Trinajstić information content (AvgIpc) is 2.60. The van der Waals surface area contributed by atoms with Gasteiger partial charge in [-0.25, -0.2) is 4.57 Å². The summed E-state index contributed by atoms with van der Waals surface area (Å²) in [5.74, 6) is -0.733. The van der Waals surface area contributed by atoms with Gasteiger partial charge in [-0.2, -0.15) is 0 Å². The number of aryl methyl sites for hydroxylation is 1. The average molecular weight is 327 g/mol. The van der Waals surface area contributed by atoms with E-state index in [0.29, 0.717) is 11.1 Å². The number of oxime groups is 1. The first-order valence-electron chi connectivity index (χ1n) is 7.41. The van der Waals surface area contributed by atoms with Gasteiger partial charge in [0.25, 0.3) is 11.8 Å². The zero-order valence-electron chi connectivity index (χ0n) is 13.3. The molecule has 1 heterocycles. The largest absolute Gasteiger partial charge is 0.410 e. The molecule has 2 amide bonds. The molecule has 1 aromatic heterocycles. The van der Waals surface area contributed by atoms with Crippen molar-refractivity contribution in [3.8, 4) is 0 Å². The first-order chi connectivity index (χ1) is 11.6. The highest BCUT2D eigenvalue weighted by Gasteiger charge is 2.14. The molecule has 0 aliphatic heterocycles. The van der Waals surface area contributed by atoms with Crippen LogP contribution in [0.3, 0.4) is 0 Å². The van der Waals surface area contributed by atoms with Crippen molar-refractivity contribution >= 4 is 17.5 Å². The van der Waals surface area contributed by atoms with Crippen LogP contribution in [0.2, 0.25) is 0 Å². The van der Waals surface area contributed by atoms with Gasteiger partial charge in [-0.15, -0.1) is 0 Å². The summed E-state index contributed by atoms with van der Waals surface area (Å²) in [7, 11) is 1.83. The number of nitrogens with one attached hydrogen (secondary N) is 2. The smallest absolute Gasteiger partial charge is 0.274 e. The Kier molecular flexibility index (Phi) is 6.01. The van der Waals surface area contributed by atoms with Gasteiger partial charge in [0.1, 0.15) is 12.6 Å². The van der Waals surface area contributed by atoms with Crippen molar-refractivity contribution in [1.82, 2.24) is 10.6 Å². The number of benzene rings is 1. The predicted molar refractivity (Wildman–Crippen MR) is 87.7 cm³/mol. The van der Waals surface area contributed by atoms with Crippen LogP contribution in [0, 0.1) is 0 Å². The van der Waals surface area contributed by atoms with Crippen molar-refractivity contribution in [2.75, 3.05) is 13.1 Å². The zero-order valence-corrected chi connectivity index (χ0v) is 13.3. The molecule has 0 bridgehead atoms. The number of nitrogens with zero attached hydrogens (tertiary/aromatic N) is 2. The first-order valence-corrected chi connectivity index (χ1v) is 7.41. The van der Waals surface area contributed by atoms with Crippen LogP contribution in [0.15, 0.2) is 60.0 Å². The second kappa shape index (κ2) is 8.42. The minimum absolute atomic E-state index is 0.0722. The molecule has 0 fully saturated rings. The van der Waals surface area contributed by atoms with Crippen LogP contribution in [-0.2, 0) is 11.8 Å². The Morgan fingerprint density at radius 1 is 1.04 bits per heavy atom. The Morgan fingerprint density at radius 2 is 1.71 bits per heavy atom. The van der Waals surface area contributed by atoms with Crippen molar-refractivity contribution in [2.24, 2.45) is 12.2 Å². The predicted octanol–water partition coefficient (Wildman–Crippen LogP) is 0.236. The molecule has 2 aromatic rings. The van der Waals surface area contributed by atoms with Crippen LogP contribution in [-0.4, -0.2) is 35.8 Å². The number of hydrogen-bond acceptors (Lipinski definition) is 4. The molecule has 0 radical (unpaired) electrons. The number of aromatic nitrogens is 1. The van der Waals surface area contributed by atoms with E-state index in [-0.39, 0.29) is 24.7 Å². The Hall–Kier alpha value is -3.22. The molecule has 0 aliphatic rings. The third-order valence-electron chi connectivity index (χ3n) is 3.26. The van der Waals surface area contributed by atoms with E-state index >= 15 is 0 Å². The molecule has 0 saturated carbocycles. The van der Waals surface area contributed by atoms with Crippen LogP contribution >= 0.6 is 0 Å². The van der Waals surface area contributed by atoms with E-state index < -0.39 is 5.91 Å². The highest BCUT2D eigenvalue weighted by Crippen LogP contribution is 2.01. The van der Waals surface area contributed by atoms with E-state index in [1.54, 1.807) is 53.2 Å². The summed E-state index contributed by atoms with van der Waals surface area (Å²) in [5.41, 5.74) is 0.976. The highest BCUT2D eigenvalue weighted by molar-refractivity contribution is 6.45. The van der Waals surface area contributed by atoms with E-state index in [2.05, 4.69) is 15.8 Å². The number of hydrogen-bond donors (Lipinski definition) is 3. The summed E-state index contributed by atoms with van der Waals surface area (Å²) in [5, 5.41) is 17.4. The number of pyridine rings is 1. The van der Waals surface area contributed by atoms with Gasteiger partial charge in [0, 0.05) is 24.7 Å². The van der Waals surface area contributed by atoms with Gasteiger partial charge in [0.15, 0.2) is 18.1 Å². The maximum Gasteiger partial charge on any atom is 0.274 e. The molecule has 0 aliphatic carbocycles. The SMILES string of the molecule is C[n+]1cccc(C(=O)NCCNC(=O)/C(=N\O)c2ccccc2)c1. The summed E-state index contributed by atoms with van der Waals surface area (Å²) < 4.78 is 1.78. The second-order valence-electron chi connectivity index (χ2n) is 5.08. The van der Waals surface area contributed by atoms with E-state index in [0.717, 1.165) is 0 Å². The number of amides is 2. The molecular formula is C17H19N4O3+. The summed E-state index contributed by atoms with van der Waals surface area (Å²) in [6, 6.07) is 12.1. The van der Waals surface area contributed by atoms with Crippen LogP contribution in [0.4, 0.5) is 0 Å². The van der Waals surface area contributed by atoms with E-state index in [4.69, 9.17) is 5.21 Å². The Bertz CT molecular complexity index is 745. The standard InChI is InChI=1S/C17H18N4O3/c1-21-11-5-8-14(12-21)16(22)18-9-10-19-17(23)15(20-24)13-6-3-2-4-7-13/h2-8,11-12H,9-10H2,1H3,(H2-,18,19,22,23,24)/p+1. The molecule has 124 valence electrons. The molecular weight excluding hydrogens is 308 g/mol. The molecule has 0 unspecified atom stereocenters. The fourth-order valence-electron chi connectivity index (χ4n) is 2.09. The topological polar surface area (TPSA) is 94.7 Å². The summed E-state index contributed by atoms with van der Waals surface area (Å²) in [6.45, 7) is 0.478. The third-order valence-corrected chi connectivity index (χ3v) is 3.26. The number of carbonyl (C=O) groups is 2. The maximum atomic E-state index is 12.0. The highest BCUT2D eigenvalue weighted by atomic mass is 16.4. The molecule has 0 spiro atoms. The van der Waals surface area contributed by atoms with Gasteiger partial charge in [-0.1, -0.05) is 35.5 Å². The van der Waals surface area contributed by atoms with Crippen molar-refractivity contribution in [2.45, 2.75) is 0 Å². The molecule has 7 nitrogen and oxygen atoms in total. The zero-order chi connectivity index (χ0) is 17.4. The fourth-order valence-corrected chi connectivity index (χ4v) is 2.09. The Morgan fingerprint density at radius 3 is 2.38 bits per heavy atom. The summed E-state index contributed by atoms with van der Waals surface area (Å²) in [4.78, 5) is 24.0. The van der Waals surface area contributed by atoms with E-state index in [9.17, 15) is 9.59 Å². The second-order valence-corrected chi connectivity index (χ2v) is 5.08. The van der Waals surface area contributed by atoms with Crippen molar-refractivity contribution in [3.63, 3.8) is 0 Å². The van der Waals surface area contributed by atoms with Crippen LogP contribution in [0.5, 0.6) is 0 Å². The van der Waals surface area contributed by atoms with Crippen molar-refractivity contribution in [1.29, 1.82) is 0 Å². The monoisotopic (exact) mass is 327 g/mol. The van der Waals surface area contributed by atoms with Crippen molar-refractivity contribution < 1.29 is 19.4 Å². The van der Waals surface area contributed by atoms with E-state index in [1.807, 2.05) is 13.2 Å². The lowest BCUT2D eigenvalue weighted by Gasteiger charge is -2.08. The van der Waals surface area contributed by atoms with Gasteiger partial charge in [-0.3, -0.25) is 9.59 Å². The lowest BCUT2D eigenvalue weighted by atomic mass is 10.1. The minimum atomic E-state index is -0.510. The lowest BCUT2D eigenvalue weighted by Crippen LogP contribution is -2.38. The molecule has 3 N–H and O–H groups in total. The summed E-state index contributed by atoms with van der Waals surface area (Å²) >= 11 is 0. The van der Waals surface area contributed by atoms with Gasteiger partial charge in [-0.05, 0) is 6.07 Å². The minimum Gasteiger partial charge on any atom is -0.410 e. The molecule has 0 saturated heterocycles. The molecule has 1 aromatic carbocycles. The van der Waals surface area contributed by atoms with Gasteiger partial charge in [0.2, 0.25) is 0 Å². The fraction of sp³-hybridized carbons (Fsp3) is 0.176. The summed E-state index contributed by atoms with van der Waals surface area (Å²) in [6.07, 6.45) is 3.54. The van der Waals surface area contributed by atoms with Crippen LogP contribution < -0.4 is 15.2 Å². The lowest BCUT2D eigenvalue weighted by molar-refractivity contribution is -0.671. The number of carbonyl (C=O) groups excluding carboxylic acids is 2. The van der Waals surface area contributed by atoms with Gasteiger partial charge >= 0.3 is 0 Å². The molecule has 0 atom stereocenters. The maximum absolute atomic E-state index is 12.0. The quantitative estimate of drug-likeness (QED) is 0.233.